The van der Waals surface area contributed by atoms with Crippen molar-refractivity contribution < 1.29 is 9.53 Å². The van der Waals surface area contributed by atoms with Crippen LogP contribution in [0.5, 0.6) is 0 Å². The molecule has 6 heteroatoms. The fraction of sp³-hybridized carbons (Fsp3) is 0.600. The van der Waals surface area contributed by atoms with E-state index in [-0.39, 0.29) is 24.0 Å². The minimum Gasteiger partial charge on any atom is -0.378 e. The Kier molecular flexibility index (Phi) is 5.67. The van der Waals surface area contributed by atoms with Gasteiger partial charge in [-0.25, -0.2) is 0 Å². The molecule has 1 aliphatic rings. The van der Waals surface area contributed by atoms with Gasteiger partial charge < -0.3 is 15.8 Å². The van der Waals surface area contributed by atoms with Crippen molar-refractivity contribution in [3.63, 3.8) is 0 Å². The zero-order chi connectivity index (χ0) is 15.2. The number of morpholine rings is 1. The second-order valence-corrected chi connectivity index (χ2v) is 5.31. The second kappa shape index (κ2) is 7.49. The third kappa shape index (κ3) is 3.78. The van der Waals surface area contributed by atoms with Crippen LogP contribution in [-0.2, 0) is 9.53 Å². The largest absolute Gasteiger partial charge is 0.378 e. The van der Waals surface area contributed by atoms with E-state index in [2.05, 4.69) is 15.2 Å². The third-order valence-electron chi connectivity index (χ3n) is 3.70. The van der Waals surface area contributed by atoms with E-state index in [1.54, 1.807) is 6.20 Å². The van der Waals surface area contributed by atoms with Crippen LogP contribution in [0.3, 0.4) is 0 Å². The number of amides is 1. The number of nitrogens with one attached hydrogen (secondary N) is 1. The number of hydrogen-bond acceptors (Lipinski definition) is 5. The number of aromatic nitrogens is 1. The molecule has 0 bridgehead atoms. The van der Waals surface area contributed by atoms with Crippen LogP contribution in [0.2, 0.25) is 0 Å². The Morgan fingerprint density at radius 1 is 1.67 bits per heavy atom. The van der Waals surface area contributed by atoms with Gasteiger partial charge in [0.05, 0.1) is 19.3 Å². The lowest BCUT2D eigenvalue weighted by Crippen LogP contribution is -2.57. The molecule has 0 aliphatic carbocycles. The van der Waals surface area contributed by atoms with E-state index in [1.165, 1.54) is 0 Å². The molecule has 0 radical (unpaired) electrons. The Balaban J connectivity index is 2.26. The number of nitrogens with zero attached hydrogens (tertiary/aromatic N) is 2. The highest BCUT2D eigenvalue weighted by Crippen LogP contribution is 2.26. The standard InChI is InChI=1S/C15H24N4O2/c1-3-18-15(20)13-10-21-8-7-19(13)14(11(2)16)12-5-4-6-17-9-12/h4-6,9,11,13-14H,3,7-8,10,16H2,1-2H3,(H,18,20). The van der Waals surface area contributed by atoms with Gasteiger partial charge in [-0.2, -0.15) is 0 Å². The summed E-state index contributed by atoms with van der Waals surface area (Å²) in [7, 11) is 0. The van der Waals surface area contributed by atoms with E-state index >= 15 is 0 Å². The Labute approximate surface area is 125 Å². The molecule has 116 valence electrons. The summed E-state index contributed by atoms with van der Waals surface area (Å²) in [5, 5.41) is 2.87. The number of rotatable bonds is 5. The van der Waals surface area contributed by atoms with Crippen molar-refractivity contribution >= 4 is 5.91 Å². The third-order valence-corrected chi connectivity index (χ3v) is 3.70. The van der Waals surface area contributed by atoms with Crippen molar-refractivity contribution in [1.82, 2.24) is 15.2 Å². The van der Waals surface area contributed by atoms with Gasteiger partial charge in [0.2, 0.25) is 5.91 Å². The molecule has 6 nitrogen and oxygen atoms in total. The first-order valence-electron chi connectivity index (χ1n) is 7.41. The molecule has 3 unspecified atom stereocenters. The number of hydrogen-bond donors (Lipinski definition) is 2. The van der Waals surface area contributed by atoms with Crippen molar-refractivity contribution in [3.05, 3.63) is 30.1 Å². The molecular weight excluding hydrogens is 268 g/mol. The summed E-state index contributed by atoms with van der Waals surface area (Å²) >= 11 is 0. The second-order valence-electron chi connectivity index (χ2n) is 5.31. The monoisotopic (exact) mass is 292 g/mol. The molecule has 1 aromatic heterocycles. The molecule has 0 aromatic carbocycles. The van der Waals surface area contributed by atoms with E-state index < -0.39 is 0 Å². The average Bonchev–Trinajstić information content (AvgIpc) is 2.49. The summed E-state index contributed by atoms with van der Waals surface area (Å²) in [6, 6.07) is 3.44. The minimum absolute atomic E-state index is 0.00765. The maximum atomic E-state index is 12.3. The molecule has 1 aromatic rings. The van der Waals surface area contributed by atoms with Gasteiger partial charge in [0.15, 0.2) is 0 Å². The lowest BCUT2D eigenvalue weighted by Gasteiger charge is -2.41. The highest BCUT2D eigenvalue weighted by Gasteiger charge is 2.36. The Bertz CT molecular complexity index is 452. The topological polar surface area (TPSA) is 80.5 Å². The molecule has 1 fully saturated rings. The summed E-state index contributed by atoms with van der Waals surface area (Å²) < 4.78 is 5.49. The van der Waals surface area contributed by atoms with Crippen molar-refractivity contribution in [2.24, 2.45) is 5.73 Å². The number of ether oxygens (including phenoxy) is 1. The minimum atomic E-state index is -0.310. The van der Waals surface area contributed by atoms with Gasteiger partial charge in [0, 0.05) is 31.5 Å². The molecule has 1 aliphatic heterocycles. The van der Waals surface area contributed by atoms with E-state index in [4.69, 9.17) is 10.5 Å². The predicted molar refractivity (Wildman–Crippen MR) is 80.6 cm³/mol. The zero-order valence-electron chi connectivity index (χ0n) is 12.7. The lowest BCUT2D eigenvalue weighted by atomic mass is 9.98. The molecule has 3 atom stereocenters. The molecule has 1 saturated heterocycles. The van der Waals surface area contributed by atoms with Crippen molar-refractivity contribution in [2.45, 2.75) is 32.0 Å². The normalized spacial score (nSPS) is 22.5. The highest BCUT2D eigenvalue weighted by atomic mass is 16.5. The van der Waals surface area contributed by atoms with Gasteiger partial charge >= 0.3 is 0 Å². The van der Waals surface area contributed by atoms with Crippen LogP contribution >= 0.6 is 0 Å². The summed E-state index contributed by atoms with van der Waals surface area (Å²) in [4.78, 5) is 18.6. The van der Waals surface area contributed by atoms with Crippen LogP contribution in [0.15, 0.2) is 24.5 Å². The molecule has 0 saturated carbocycles. The van der Waals surface area contributed by atoms with Crippen molar-refractivity contribution in [2.75, 3.05) is 26.3 Å². The van der Waals surface area contributed by atoms with Crippen molar-refractivity contribution in [1.29, 1.82) is 0 Å². The van der Waals surface area contributed by atoms with Gasteiger partial charge in [-0.05, 0) is 25.5 Å². The highest BCUT2D eigenvalue weighted by molar-refractivity contribution is 5.82. The smallest absolute Gasteiger partial charge is 0.239 e. The molecule has 2 rings (SSSR count). The summed E-state index contributed by atoms with van der Waals surface area (Å²) in [5.41, 5.74) is 7.23. The number of likely N-dealkylation sites (N-methyl/N-ethyl adjacent to an activating group) is 1. The van der Waals surface area contributed by atoms with Gasteiger partial charge in [-0.15, -0.1) is 0 Å². The quantitative estimate of drug-likeness (QED) is 0.816. The molecule has 3 N–H and O–H groups in total. The number of nitrogens with two attached hydrogens (primary N) is 1. The fourth-order valence-corrected chi connectivity index (χ4v) is 2.82. The molecule has 1 amide bonds. The maximum absolute atomic E-state index is 12.3. The first kappa shape index (κ1) is 15.9. The average molecular weight is 292 g/mol. The van der Waals surface area contributed by atoms with E-state index in [9.17, 15) is 4.79 Å². The Morgan fingerprint density at radius 3 is 3.10 bits per heavy atom. The summed E-state index contributed by atoms with van der Waals surface area (Å²) in [6.07, 6.45) is 3.56. The van der Waals surface area contributed by atoms with Crippen molar-refractivity contribution in [3.8, 4) is 0 Å². The summed E-state index contributed by atoms with van der Waals surface area (Å²) in [6.45, 7) is 6.18. The first-order chi connectivity index (χ1) is 10.1. The van der Waals surface area contributed by atoms with Crippen LogP contribution < -0.4 is 11.1 Å². The molecular formula is C15H24N4O2. The summed E-state index contributed by atoms with van der Waals surface area (Å²) in [5.74, 6) is -0.00765. The van der Waals surface area contributed by atoms with Crippen LogP contribution in [0.4, 0.5) is 0 Å². The van der Waals surface area contributed by atoms with Crippen LogP contribution in [-0.4, -0.2) is 54.2 Å². The van der Waals surface area contributed by atoms with Gasteiger partial charge in [-0.1, -0.05) is 6.07 Å². The van der Waals surface area contributed by atoms with E-state index in [0.717, 1.165) is 5.56 Å². The van der Waals surface area contributed by atoms with Gasteiger partial charge in [0.1, 0.15) is 6.04 Å². The van der Waals surface area contributed by atoms with Crippen LogP contribution in [0.1, 0.15) is 25.5 Å². The fourth-order valence-electron chi connectivity index (χ4n) is 2.82. The van der Waals surface area contributed by atoms with Gasteiger partial charge in [0.25, 0.3) is 0 Å². The lowest BCUT2D eigenvalue weighted by molar-refractivity contribution is -0.135. The Morgan fingerprint density at radius 2 is 2.48 bits per heavy atom. The number of carbonyl (C=O) groups is 1. The molecule has 0 spiro atoms. The SMILES string of the molecule is CCNC(=O)C1COCCN1C(c1cccnc1)C(C)N. The molecule has 2 heterocycles. The maximum Gasteiger partial charge on any atom is 0.239 e. The number of carbonyl (C=O) groups excluding carboxylic acids is 1. The van der Waals surface area contributed by atoms with Crippen LogP contribution in [0.25, 0.3) is 0 Å². The van der Waals surface area contributed by atoms with E-state index in [1.807, 2.05) is 32.2 Å². The zero-order valence-corrected chi connectivity index (χ0v) is 12.7. The van der Waals surface area contributed by atoms with Gasteiger partial charge in [-0.3, -0.25) is 14.7 Å². The van der Waals surface area contributed by atoms with Crippen LogP contribution in [0, 0.1) is 0 Å². The molecule has 21 heavy (non-hydrogen) atoms. The van der Waals surface area contributed by atoms with E-state index in [0.29, 0.717) is 26.3 Å². The number of pyridine rings is 1. The predicted octanol–water partition coefficient (Wildman–Crippen LogP) is 0.307. The Hall–Kier alpha value is -1.50. The first-order valence-corrected chi connectivity index (χ1v) is 7.41.